The predicted molar refractivity (Wildman–Crippen MR) is 124 cm³/mol. The third-order valence-electron chi connectivity index (χ3n) is 4.10. The van der Waals surface area contributed by atoms with Crippen LogP contribution >= 0.6 is 37.9 Å². The van der Waals surface area contributed by atoms with Gasteiger partial charge in [0.15, 0.2) is 0 Å². The van der Waals surface area contributed by atoms with Crippen molar-refractivity contribution < 1.29 is 30.4 Å². The Bertz CT molecular complexity index is 352. The average molecular weight is 497 g/mol. The van der Waals surface area contributed by atoms with Gasteiger partial charge < -0.3 is 30.4 Å². The maximum absolute atomic E-state index is 6.49. The molecule has 0 amide bonds. The van der Waals surface area contributed by atoms with Gasteiger partial charge in [-0.2, -0.15) is 37.9 Å². The quantitative estimate of drug-likeness (QED) is 0.199. The standard InChI is InChI=1S/C14H36O7S3Si3/c1-15-25(16-2,12-6-9-22)20-27(19-5,14-8-11-24)21-26(17-3,18-4)13-7-10-23/h22-24H,6-14H2,1-5H3. The maximum Gasteiger partial charge on any atom is 0.493 e. The van der Waals surface area contributed by atoms with E-state index in [-0.39, 0.29) is 0 Å². The van der Waals surface area contributed by atoms with Crippen LogP contribution < -0.4 is 0 Å². The summed E-state index contributed by atoms with van der Waals surface area (Å²) in [5.74, 6) is 2.10. The highest BCUT2D eigenvalue weighted by molar-refractivity contribution is 7.80. The van der Waals surface area contributed by atoms with Gasteiger partial charge in [0.1, 0.15) is 0 Å². The maximum atomic E-state index is 6.49. The Hall–Kier alpha value is 1.42. The molecule has 0 saturated carbocycles. The van der Waals surface area contributed by atoms with E-state index in [9.17, 15) is 0 Å². The molecule has 0 spiro atoms. The van der Waals surface area contributed by atoms with Gasteiger partial charge in [-0.15, -0.1) is 0 Å². The van der Waals surface area contributed by atoms with Gasteiger partial charge in [-0.1, -0.05) is 0 Å². The molecule has 13 heteroatoms. The average Bonchev–Trinajstić information content (AvgIpc) is 2.72. The normalized spacial score (nSPS) is 13.3. The molecule has 0 aliphatic rings. The van der Waals surface area contributed by atoms with Crippen molar-refractivity contribution in [3.63, 3.8) is 0 Å². The van der Waals surface area contributed by atoms with Gasteiger partial charge in [0, 0.05) is 53.7 Å². The second-order valence-electron chi connectivity index (χ2n) is 5.76. The first-order valence-electron chi connectivity index (χ1n) is 8.89. The van der Waals surface area contributed by atoms with E-state index in [4.69, 9.17) is 30.4 Å². The molecule has 0 saturated heterocycles. The van der Waals surface area contributed by atoms with Crippen LogP contribution in [0.2, 0.25) is 18.1 Å². The molecule has 0 fully saturated rings. The Kier molecular flexibility index (Phi) is 16.1. The van der Waals surface area contributed by atoms with Crippen molar-refractivity contribution in [2.75, 3.05) is 52.8 Å². The molecule has 7 nitrogen and oxygen atoms in total. The minimum absolute atomic E-state index is 0.567. The summed E-state index contributed by atoms with van der Waals surface area (Å²) in [5.41, 5.74) is 0. The number of hydrogen-bond donors (Lipinski definition) is 3. The van der Waals surface area contributed by atoms with Crippen LogP contribution in [0.15, 0.2) is 0 Å². The minimum atomic E-state index is -3.22. The fourth-order valence-corrected chi connectivity index (χ4v) is 15.0. The van der Waals surface area contributed by atoms with E-state index >= 15 is 0 Å². The highest BCUT2D eigenvalue weighted by Crippen LogP contribution is 2.31. The molecule has 0 N–H and O–H groups in total. The first-order valence-corrected chi connectivity index (χ1v) is 16.6. The molecule has 0 unspecified atom stereocenters. The van der Waals surface area contributed by atoms with Crippen LogP contribution in [0.5, 0.6) is 0 Å². The summed E-state index contributed by atoms with van der Waals surface area (Å²) in [6.45, 7) is 0. The van der Waals surface area contributed by atoms with E-state index in [0.29, 0.717) is 35.4 Å². The molecule has 0 radical (unpaired) electrons. The van der Waals surface area contributed by atoms with E-state index < -0.39 is 26.4 Å². The largest absolute Gasteiger partial charge is 0.493 e. The van der Waals surface area contributed by atoms with Crippen molar-refractivity contribution in [1.29, 1.82) is 0 Å². The van der Waals surface area contributed by atoms with Gasteiger partial charge in [-0.25, -0.2) is 0 Å². The first-order chi connectivity index (χ1) is 12.9. The van der Waals surface area contributed by atoms with Crippen molar-refractivity contribution in [2.45, 2.75) is 37.4 Å². The summed E-state index contributed by atoms with van der Waals surface area (Å²) < 4.78 is 41.8. The van der Waals surface area contributed by atoms with Crippen molar-refractivity contribution in [3.05, 3.63) is 0 Å². The van der Waals surface area contributed by atoms with E-state index in [2.05, 4.69) is 37.9 Å². The van der Waals surface area contributed by atoms with E-state index in [1.165, 1.54) is 0 Å². The monoisotopic (exact) mass is 496 g/mol. The summed E-state index contributed by atoms with van der Waals surface area (Å²) in [6.07, 6.45) is 2.36. The lowest BCUT2D eigenvalue weighted by Gasteiger charge is -2.40. The van der Waals surface area contributed by atoms with Gasteiger partial charge >= 0.3 is 26.4 Å². The summed E-state index contributed by atoms with van der Waals surface area (Å²) in [6, 6.07) is 1.81. The van der Waals surface area contributed by atoms with Crippen LogP contribution in [0, 0.1) is 0 Å². The zero-order valence-corrected chi connectivity index (χ0v) is 22.7. The molecule has 0 aliphatic heterocycles. The zero-order chi connectivity index (χ0) is 20.8. The third kappa shape index (κ3) is 9.40. The Morgan fingerprint density at radius 1 is 0.481 bits per heavy atom. The molecule has 0 aliphatic carbocycles. The van der Waals surface area contributed by atoms with Crippen LogP contribution in [0.3, 0.4) is 0 Å². The number of rotatable bonds is 18. The van der Waals surface area contributed by atoms with Crippen LogP contribution in [0.25, 0.3) is 0 Å². The van der Waals surface area contributed by atoms with Crippen LogP contribution in [-0.4, -0.2) is 79.2 Å². The lowest BCUT2D eigenvalue weighted by molar-refractivity contribution is 0.0701. The summed E-state index contributed by atoms with van der Waals surface area (Å²) >= 11 is 12.9. The second-order valence-corrected chi connectivity index (χ2v) is 16.4. The van der Waals surface area contributed by atoms with Gasteiger partial charge in [0.25, 0.3) is 0 Å². The van der Waals surface area contributed by atoms with E-state index in [1.807, 2.05) is 0 Å². The SMILES string of the molecule is CO[Si](CCCS)(OC)O[Si](CCCS)(OC)O[Si](CCCS)(OC)OC. The Morgan fingerprint density at radius 2 is 0.741 bits per heavy atom. The number of thiol groups is 3. The summed E-state index contributed by atoms with van der Waals surface area (Å²) in [5, 5.41) is 0. The Balaban J connectivity index is 5.78. The van der Waals surface area contributed by atoms with Crippen molar-refractivity contribution >= 4 is 64.3 Å². The van der Waals surface area contributed by atoms with E-state index in [0.717, 1.165) is 19.3 Å². The first kappa shape index (κ1) is 28.4. The molecular weight excluding hydrogens is 461 g/mol. The van der Waals surface area contributed by atoms with Crippen LogP contribution in [-0.2, 0) is 30.4 Å². The molecule has 164 valence electrons. The van der Waals surface area contributed by atoms with E-state index in [1.54, 1.807) is 35.5 Å². The van der Waals surface area contributed by atoms with Crippen LogP contribution in [0.1, 0.15) is 19.3 Å². The fourth-order valence-electron chi connectivity index (χ4n) is 2.51. The molecule has 0 atom stereocenters. The van der Waals surface area contributed by atoms with Crippen molar-refractivity contribution in [2.24, 2.45) is 0 Å². The molecule has 0 aromatic rings. The molecule has 0 aromatic heterocycles. The Morgan fingerprint density at radius 3 is 0.963 bits per heavy atom. The second kappa shape index (κ2) is 15.3. The lowest BCUT2D eigenvalue weighted by Crippen LogP contribution is -2.63. The highest BCUT2D eigenvalue weighted by Gasteiger charge is 2.57. The van der Waals surface area contributed by atoms with Crippen molar-refractivity contribution in [3.8, 4) is 0 Å². The number of hydrogen-bond acceptors (Lipinski definition) is 10. The van der Waals surface area contributed by atoms with Gasteiger partial charge in [-0.05, 0) is 36.5 Å². The molecule has 0 bridgehead atoms. The minimum Gasteiger partial charge on any atom is -0.378 e. The van der Waals surface area contributed by atoms with Crippen LogP contribution in [0.4, 0.5) is 0 Å². The summed E-state index contributed by atoms with van der Waals surface area (Å²) in [7, 11) is -1.22. The smallest absolute Gasteiger partial charge is 0.378 e. The zero-order valence-electron chi connectivity index (χ0n) is 17.1. The Labute approximate surface area is 184 Å². The molecule has 0 aromatic carbocycles. The fraction of sp³-hybridized carbons (Fsp3) is 1.00. The molecule has 27 heavy (non-hydrogen) atoms. The molecule has 0 rings (SSSR count). The topological polar surface area (TPSA) is 64.6 Å². The molecular formula is C14H36O7S3Si3. The highest BCUT2D eigenvalue weighted by atomic mass is 32.1. The van der Waals surface area contributed by atoms with Crippen molar-refractivity contribution in [1.82, 2.24) is 0 Å². The lowest BCUT2D eigenvalue weighted by atomic mass is 10.6. The van der Waals surface area contributed by atoms with Gasteiger partial charge in [0.2, 0.25) is 0 Å². The predicted octanol–water partition coefficient (Wildman–Crippen LogP) is 3.03. The summed E-state index contributed by atoms with van der Waals surface area (Å²) in [4.78, 5) is 0. The van der Waals surface area contributed by atoms with Gasteiger partial charge in [-0.3, -0.25) is 0 Å². The third-order valence-corrected chi connectivity index (χ3v) is 16.0. The molecule has 0 heterocycles. The van der Waals surface area contributed by atoms with Gasteiger partial charge in [0.05, 0.1) is 0 Å².